The lowest BCUT2D eigenvalue weighted by Crippen LogP contribution is -2.25. The first-order valence-corrected chi connectivity index (χ1v) is 7.83. The molecule has 20 heavy (non-hydrogen) atoms. The van der Waals surface area contributed by atoms with Crippen LogP contribution in [0, 0.1) is 0 Å². The van der Waals surface area contributed by atoms with Gasteiger partial charge in [0.2, 0.25) is 5.91 Å². The fraction of sp³-hybridized carbons (Fsp3) is 0.733. The van der Waals surface area contributed by atoms with E-state index in [9.17, 15) is 4.79 Å². The quantitative estimate of drug-likeness (QED) is 0.855. The van der Waals surface area contributed by atoms with Gasteiger partial charge < -0.3 is 15.6 Å². The molecule has 0 aromatic carbocycles. The van der Waals surface area contributed by atoms with Gasteiger partial charge in [-0.1, -0.05) is 12.8 Å². The predicted octanol–water partition coefficient (Wildman–Crippen LogP) is 1.45. The molecular formula is C15H24N4O. The number of nitrogens with one attached hydrogen (secondary N) is 1. The zero-order valence-corrected chi connectivity index (χ0v) is 12.0. The summed E-state index contributed by atoms with van der Waals surface area (Å²) in [6, 6.07) is 0. The maximum atomic E-state index is 10.9. The van der Waals surface area contributed by atoms with Gasteiger partial charge in [-0.05, 0) is 19.3 Å². The van der Waals surface area contributed by atoms with Crippen molar-refractivity contribution in [3.05, 3.63) is 17.2 Å². The summed E-state index contributed by atoms with van der Waals surface area (Å²) in [5.74, 6) is 1.68. The number of hydrogen-bond acceptors (Lipinski definition) is 3. The van der Waals surface area contributed by atoms with E-state index in [0.29, 0.717) is 12.3 Å². The van der Waals surface area contributed by atoms with Gasteiger partial charge in [-0.25, -0.2) is 4.98 Å². The Morgan fingerprint density at radius 2 is 2.20 bits per heavy atom. The molecule has 110 valence electrons. The first-order chi connectivity index (χ1) is 9.75. The molecule has 1 aromatic heterocycles. The summed E-state index contributed by atoms with van der Waals surface area (Å²) in [5, 5.41) is 3.40. The zero-order valence-electron chi connectivity index (χ0n) is 12.0. The SMILES string of the molecule is NC(=O)CCCn1c(C2CCCC2)nc2c1CCNC2. The van der Waals surface area contributed by atoms with Crippen molar-refractivity contribution >= 4 is 5.91 Å². The molecule has 0 unspecified atom stereocenters. The number of carbonyl (C=O) groups is 1. The van der Waals surface area contributed by atoms with Crippen LogP contribution < -0.4 is 11.1 Å². The van der Waals surface area contributed by atoms with Crippen LogP contribution in [0.2, 0.25) is 0 Å². The molecule has 2 aliphatic rings. The molecule has 1 aliphatic heterocycles. The van der Waals surface area contributed by atoms with Gasteiger partial charge in [0.1, 0.15) is 5.82 Å². The van der Waals surface area contributed by atoms with Gasteiger partial charge in [-0.2, -0.15) is 0 Å². The first kappa shape index (κ1) is 13.6. The van der Waals surface area contributed by atoms with Gasteiger partial charge in [-0.3, -0.25) is 4.79 Å². The van der Waals surface area contributed by atoms with Crippen molar-refractivity contribution in [3.63, 3.8) is 0 Å². The van der Waals surface area contributed by atoms with E-state index in [4.69, 9.17) is 10.7 Å². The Morgan fingerprint density at radius 3 is 2.95 bits per heavy atom. The third-order valence-corrected chi connectivity index (χ3v) is 4.54. The van der Waals surface area contributed by atoms with Crippen molar-refractivity contribution in [2.75, 3.05) is 6.54 Å². The third-order valence-electron chi connectivity index (χ3n) is 4.54. The summed E-state index contributed by atoms with van der Waals surface area (Å²) < 4.78 is 2.40. The predicted molar refractivity (Wildman–Crippen MR) is 77.3 cm³/mol. The van der Waals surface area contributed by atoms with Crippen LogP contribution in [-0.4, -0.2) is 22.0 Å². The minimum Gasteiger partial charge on any atom is -0.370 e. The summed E-state index contributed by atoms with van der Waals surface area (Å²) in [6.07, 6.45) is 7.51. The lowest BCUT2D eigenvalue weighted by atomic mass is 10.1. The highest BCUT2D eigenvalue weighted by molar-refractivity contribution is 5.73. The Labute approximate surface area is 119 Å². The topological polar surface area (TPSA) is 72.9 Å². The van der Waals surface area contributed by atoms with E-state index in [-0.39, 0.29) is 5.91 Å². The number of nitrogens with two attached hydrogens (primary N) is 1. The van der Waals surface area contributed by atoms with Crippen molar-refractivity contribution < 1.29 is 4.79 Å². The van der Waals surface area contributed by atoms with Gasteiger partial charge in [0.25, 0.3) is 0 Å². The number of nitrogens with zero attached hydrogens (tertiary/aromatic N) is 2. The Balaban J connectivity index is 1.83. The van der Waals surface area contributed by atoms with Crippen LogP contribution in [0.4, 0.5) is 0 Å². The number of fused-ring (bicyclic) bond motifs is 1. The van der Waals surface area contributed by atoms with E-state index in [1.165, 1.54) is 42.9 Å². The number of hydrogen-bond donors (Lipinski definition) is 2. The second kappa shape index (κ2) is 5.95. The third kappa shape index (κ3) is 2.73. The van der Waals surface area contributed by atoms with Crippen LogP contribution in [0.15, 0.2) is 0 Å². The van der Waals surface area contributed by atoms with E-state index in [1.807, 2.05) is 0 Å². The average molecular weight is 276 g/mol. The molecule has 2 heterocycles. The number of aromatic nitrogens is 2. The second-order valence-electron chi connectivity index (χ2n) is 5.99. The molecule has 0 spiro atoms. The molecule has 0 bridgehead atoms. The Hall–Kier alpha value is -1.36. The van der Waals surface area contributed by atoms with E-state index >= 15 is 0 Å². The van der Waals surface area contributed by atoms with Crippen molar-refractivity contribution in [1.29, 1.82) is 0 Å². The standard InChI is InChI=1S/C15H24N4O/c16-14(20)6-3-9-19-13-7-8-17-10-12(13)18-15(19)11-4-1-2-5-11/h11,17H,1-10H2,(H2,16,20). The van der Waals surface area contributed by atoms with Gasteiger partial charge in [0, 0.05) is 44.1 Å². The molecule has 1 aliphatic carbocycles. The Kier molecular flexibility index (Phi) is 4.05. The molecular weight excluding hydrogens is 252 g/mol. The van der Waals surface area contributed by atoms with E-state index in [1.54, 1.807) is 0 Å². The molecule has 1 amide bonds. The molecule has 1 aromatic rings. The van der Waals surface area contributed by atoms with Gasteiger partial charge in [-0.15, -0.1) is 0 Å². The minimum absolute atomic E-state index is 0.205. The van der Waals surface area contributed by atoms with Crippen LogP contribution in [0.5, 0.6) is 0 Å². The Bertz CT molecular complexity index is 488. The lowest BCUT2D eigenvalue weighted by Gasteiger charge is -2.17. The molecule has 0 saturated heterocycles. The van der Waals surface area contributed by atoms with E-state index in [0.717, 1.165) is 32.5 Å². The maximum Gasteiger partial charge on any atom is 0.217 e. The van der Waals surface area contributed by atoms with Crippen LogP contribution in [0.3, 0.4) is 0 Å². The van der Waals surface area contributed by atoms with Crippen LogP contribution in [0.1, 0.15) is 61.7 Å². The van der Waals surface area contributed by atoms with Crippen LogP contribution in [0.25, 0.3) is 0 Å². The molecule has 1 fully saturated rings. The van der Waals surface area contributed by atoms with E-state index < -0.39 is 0 Å². The highest BCUT2D eigenvalue weighted by atomic mass is 16.1. The van der Waals surface area contributed by atoms with Gasteiger partial charge in [0.05, 0.1) is 5.69 Å². The number of rotatable bonds is 5. The molecule has 3 N–H and O–H groups in total. The second-order valence-corrected chi connectivity index (χ2v) is 5.99. The van der Waals surface area contributed by atoms with Gasteiger partial charge >= 0.3 is 0 Å². The number of imidazole rings is 1. The lowest BCUT2D eigenvalue weighted by molar-refractivity contribution is -0.118. The highest BCUT2D eigenvalue weighted by Gasteiger charge is 2.26. The molecule has 0 radical (unpaired) electrons. The average Bonchev–Trinajstić information content (AvgIpc) is 3.05. The van der Waals surface area contributed by atoms with Crippen molar-refractivity contribution in [1.82, 2.24) is 14.9 Å². The van der Waals surface area contributed by atoms with Gasteiger partial charge in [0.15, 0.2) is 0 Å². The first-order valence-electron chi connectivity index (χ1n) is 7.83. The summed E-state index contributed by atoms with van der Waals surface area (Å²) in [5.41, 5.74) is 7.86. The Morgan fingerprint density at radius 1 is 1.40 bits per heavy atom. The maximum absolute atomic E-state index is 10.9. The molecule has 5 heteroatoms. The highest BCUT2D eigenvalue weighted by Crippen LogP contribution is 2.35. The van der Waals surface area contributed by atoms with Crippen molar-refractivity contribution in [3.8, 4) is 0 Å². The number of primary amides is 1. The minimum atomic E-state index is -0.205. The van der Waals surface area contributed by atoms with E-state index in [2.05, 4.69) is 9.88 Å². The molecule has 5 nitrogen and oxygen atoms in total. The summed E-state index contributed by atoms with van der Waals surface area (Å²) in [4.78, 5) is 15.9. The largest absolute Gasteiger partial charge is 0.370 e. The monoisotopic (exact) mass is 276 g/mol. The normalized spacial score (nSPS) is 19.2. The number of amides is 1. The van der Waals surface area contributed by atoms with Crippen LogP contribution >= 0.6 is 0 Å². The summed E-state index contributed by atoms with van der Waals surface area (Å²) in [7, 11) is 0. The van der Waals surface area contributed by atoms with Crippen LogP contribution in [-0.2, 0) is 24.3 Å². The number of carbonyl (C=O) groups excluding carboxylic acids is 1. The summed E-state index contributed by atoms with van der Waals surface area (Å²) in [6.45, 7) is 2.80. The molecule has 3 rings (SSSR count). The zero-order chi connectivity index (χ0) is 13.9. The van der Waals surface area contributed by atoms with Crippen molar-refractivity contribution in [2.24, 2.45) is 5.73 Å². The fourth-order valence-corrected chi connectivity index (χ4v) is 3.55. The molecule has 1 saturated carbocycles. The fourth-order valence-electron chi connectivity index (χ4n) is 3.55. The smallest absolute Gasteiger partial charge is 0.217 e. The van der Waals surface area contributed by atoms with Crippen molar-refractivity contribution in [2.45, 2.75) is 64.0 Å². The summed E-state index contributed by atoms with van der Waals surface area (Å²) >= 11 is 0. The molecule has 0 atom stereocenters.